The molecule has 0 saturated heterocycles. The number of aliphatic hydroxyl groups excluding tert-OH is 2. The van der Waals surface area contributed by atoms with Gasteiger partial charge >= 0.3 is 5.97 Å². The van der Waals surface area contributed by atoms with Crippen molar-refractivity contribution in [2.45, 2.75) is 418 Å². The quantitative estimate of drug-likeness (QED) is 0.0320. The summed E-state index contributed by atoms with van der Waals surface area (Å²) in [6, 6.07) is -0.629. The Morgan fingerprint density at radius 3 is 0.938 bits per heavy atom. The molecule has 0 heterocycles. The fourth-order valence-corrected chi connectivity index (χ4v) is 11.6. The number of nitrogens with one attached hydrogen (secondary N) is 1. The van der Waals surface area contributed by atoms with E-state index in [9.17, 15) is 19.8 Å². The first-order valence-electron chi connectivity index (χ1n) is 36.8. The van der Waals surface area contributed by atoms with Gasteiger partial charge in [0.25, 0.3) is 0 Å². The van der Waals surface area contributed by atoms with Crippen molar-refractivity contribution in [3.63, 3.8) is 0 Å². The van der Waals surface area contributed by atoms with Crippen molar-refractivity contribution < 1.29 is 24.5 Å². The number of ether oxygens (including phenoxy) is 1. The van der Waals surface area contributed by atoms with Gasteiger partial charge in [-0.1, -0.05) is 365 Å². The van der Waals surface area contributed by atoms with Gasteiger partial charge in [-0.05, 0) is 64.2 Å². The minimum atomic E-state index is -0.846. The van der Waals surface area contributed by atoms with E-state index in [1.165, 1.54) is 334 Å². The van der Waals surface area contributed by atoms with Crippen LogP contribution in [0.5, 0.6) is 0 Å². The maximum Gasteiger partial charge on any atom is 0.305 e. The van der Waals surface area contributed by atoms with E-state index in [0.717, 1.165) is 44.9 Å². The Labute approximate surface area is 506 Å². The summed E-state index contributed by atoms with van der Waals surface area (Å²) in [6.45, 7) is 4.94. The Hall–Kier alpha value is -1.92. The highest BCUT2D eigenvalue weighted by Crippen LogP contribution is 2.19. The van der Waals surface area contributed by atoms with Crippen LogP contribution in [0.4, 0.5) is 0 Å². The van der Waals surface area contributed by atoms with Crippen LogP contribution < -0.4 is 5.32 Å². The highest BCUT2D eigenvalue weighted by molar-refractivity contribution is 5.76. The summed E-state index contributed by atoms with van der Waals surface area (Å²) < 4.78 is 5.50. The lowest BCUT2D eigenvalue weighted by Gasteiger charge is -2.20. The van der Waals surface area contributed by atoms with E-state index in [0.29, 0.717) is 19.4 Å². The van der Waals surface area contributed by atoms with E-state index in [1.807, 2.05) is 6.08 Å². The Morgan fingerprint density at radius 1 is 0.346 bits per heavy atom. The van der Waals surface area contributed by atoms with E-state index in [1.54, 1.807) is 6.08 Å². The summed E-state index contributed by atoms with van der Waals surface area (Å²) in [5, 5.41) is 23.2. The molecule has 0 aromatic carbocycles. The summed E-state index contributed by atoms with van der Waals surface area (Å²) >= 11 is 0. The van der Waals surface area contributed by atoms with Crippen molar-refractivity contribution in [2.75, 3.05) is 13.2 Å². The first kappa shape index (κ1) is 79.1. The number of amides is 1. The molecule has 0 rings (SSSR count). The van der Waals surface area contributed by atoms with Gasteiger partial charge in [-0.15, -0.1) is 0 Å². The summed E-state index contributed by atoms with van der Waals surface area (Å²) in [7, 11) is 0. The predicted molar refractivity (Wildman–Crippen MR) is 356 cm³/mol. The third-order valence-corrected chi connectivity index (χ3v) is 17.2. The Bertz CT molecular complexity index is 1310. The zero-order valence-corrected chi connectivity index (χ0v) is 54.8. The molecule has 2 unspecified atom stereocenters. The first-order chi connectivity index (χ1) is 40.0. The third kappa shape index (κ3) is 67.1. The number of hydrogen-bond acceptors (Lipinski definition) is 5. The molecular formula is C75H143NO5. The van der Waals surface area contributed by atoms with Gasteiger partial charge in [-0.3, -0.25) is 9.59 Å². The van der Waals surface area contributed by atoms with E-state index < -0.39 is 12.1 Å². The minimum absolute atomic E-state index is 0.0162. The van der Waals surface area contributed by atoms with Gasteiger partial charge in [0.1, 0.15) is 0 Å². The van der Waals surface area contributed by atoms with Crippen LogP contribution in [0.2, 0.25) is 0 Å². The van der Waals surface area contributed by atoms with E-state index in [2.05, 4.69) is 43.5 Å². The number of hydrogen-bond donors (Lipinski definition) is 3. The lowest BCUT2D eigenvalue weighted by atomic mass is 10.0. The largest absolute Gasteiger partial charge is 0.466 e. The summed E-state index contributed by atoms with van der Waals surface area (Å²) in [5.41, 5.74) is 0. The molecule has 2 atom stereocenters. The van der Waals surface area contributed by atoms with Crippen LogP contribution in [0.3, 0.4) is 0 Å². The van der Waals surface area contributed by atoms with Crippen molar-refractivity contribution in [3.05, 3.63) is 36.5 Å². The number of esters is 1. The van der Waals surface area contributed by atoms with Gasteiger partial charge in [0.05, 0.1) is 25.4 Å². The fourth-order valence-electron chi connectivity index (χ4n) is 11.6. The van der Waals surface area contributed by atoms with Crippen LogP contribution in [-0.4, -0.2) is 47.4 Å². The second-order valence-corrected chi connectivity index (χ2v) is 25.3. The second-order valence-electron chi connectivity index (χ2n) is 25.3. The zero-order chi connectivity index (χ0) is 58.5. The normalized spacial score (nSPS) is 12.7. The van der Waals surface area contributed by atoms with Crippen LogP contribution >= 0.6 is 0 Å². The van der Waals surface area contributed by atoms with Gasteiger partial charge in [-0.25, -0.2) is 0 Å². The smallest absolute Gasteiger partial charge is 0.305 e. The average molecular weight is 1140 g/mol. The number of aliphatic hydroxyl groups is 2. The molecule has 6 heteroatoms. The maximum atomic E-state index is 12.5. The summed E-state index contributed by atoms with van der Waals surface area (Å²) in [4.78, 5) is 24.6. The van der Waals surface area contributed by atoms with Crippen molar-refractivity contribution in [3.8, 4) is 0 Å². The lowest BCUT2D eigenvalue weighted by molar-refractivity contribution is -0.143. The molecule has 0 aliphatic rings. The maximum absolute atomic E-state index is 12.5. The molecule has 0 aromatic rings. The number of carbonyl (C=O) groups excluding carboxylic acids is 2. The summed E-state index contributed by atoms with van der Waals surface area (Å²) in [5.74, 6) is -0.0496. The molecule has 0 bridgehead atoms. The SMILES string of the molecule is CCCCCCCCCCCCCCCCCC/C=C/C(O)C(CO)NC(=O)CCCCCCCCCCCCCCC/C=C\C/C=C\CCCCCCCCCCCOC(=O)CCCCCCCCCCCCCCCCCCC. The molecule has 81 heavy (non-hydrogen) atoms. The number of rotatable bonds is 69. The van der Waals surface area contributed by atoms with Crippen LogP contribution in [-0.2, 0) is 14.3 Å². The van der Waals surface area contributed by atoms with Gasteiger partial charge in [-0.2, -0.15) is 0 Å². The molecule has 0 aliphatic heterocycles. The van der Waals surface area contributed by atoms with Gasteiger partial charge < -0.3 is 20.3 Å². The highest BCUT2D eigenvalue weighted by Gasteiger charge is 2.18. The molecule has 0 radical (unpaired) electrons. The van der Waals surface area contributed by atoms with Gasteiger partial charge in [0.2, 0.25) is 5.91 Å². The van der Waals surface area contributed by atoms with Crippen molar-refractivity contribution in [1.29, 1.82) is 0 Å². The predicted octanol–water partition coefficient (Wildman–Crippen LogP) is 23.9. The first-order valence-corrected chi connectivity index (χ1v) is 36.8. The Kier molecular flexibility index (Phi) is 68.9. The summed E-state index contributed by atoms with van der Waals surface area (Å²) in [6.07, 6.45) is 90.9. The van der Waals surface area contributed by atoms with Crippen molar-refractivity contribution >= 4 is 11.9 Å². The molecule has 0 fully saturated rings. The van der Waals surface area contributed by atoms with Crippen LogP contribution in [0.15, 0.2) is 36.5 Å². The molecule has 1 amide bonds. The van der Waals surface area contributed by atoms with Crippen molar-refractivity contribution in [2.24, 2.45) is 0 Å². The number of unbranched alkanes of at least 4 members (excludes halogenated alkanes) is 54. The third-order valence-electron chi connectivity index (χ3n) is 17.2. The van der Waals surface area contributed by atoms with Gasteiger partial charge in [0, 0.05) is 12.8 Å². The average Bonchev–Trinajstić information content (AvgIpc) is 3.47. The molecule has 0 spiro atoms. The lowest BCUT2D eigenvalue weighted by Crippen LogP contribution is -2.45. The van der Waals surface area contributed by atoms with Crippen LogP contribution in [0.1, 0.15) is 406 Å². The molecule has 6 nitrogen and oxygen atoms in total. The second kappa shape index (κ2) is 70.6. The van der Waals surface area contributed by atoms with Crippen LogP contribution in [0, 0.1) is 0 Å². The molecular weight excluding hydrogens is 995 g/mol. The number of allylic oxidation sites excluding steroid dienone is 5. The minimum Gasteiger partial charge on any atom is -0.466 e. The molecule has 0 aromatic heterocycles. The van der Waals surface area contributed by atoms with E-state index in [4.69, 9.17) is 4.74 Å². The molecule has 478 valence electrons. The van der Waals surface area contributed by atoms with Crippen molar-refractivity contribution in [1.82, 2.24) is 5.32 Å². The monoisotopic (exact) mass is 1140 g/mol. The highest BCUT2D eigenvalue weighted by atomic mass is 16.5. The topological polar surface area (TPSA) is 95.9 Å². The molecule has 0 saturated carbocycles. The van der Waals surface area contributed by atoms with E-state index >= 15 is 0 Å². The van der Waals surface area contributed by atoms with Crippen LogP contribution in [0.25, 0.3) is 0 Å². The van der Waals surface area contributed by atoms with Gasteiger partial charge in [0.15, 0.2) is 0 Å². The zero-order valence-electron chi connectivity index (χ0n) is 54.8. The Morgan fingerprint density at radius 2 is 0.617 bits per heavy atom. The van der Waals surface area contributed by atoms with E-state index in [-0.39, 0.29) is 18.5 Å². The molecule has 0 aliphatic carbocycles. The Balaban J connectivity index is 3.41. The fraction of sp³-hybridized carbons (Fsp3) is 0.893. The number of carbonyl (C=O) groups is 2. The standard InChI is InChI=1S/C75H143NO5/c1-3-5-7-9-11-13-15-17-19-21-36-39-43-47-51-55-59-63-67-73(78)72(71-77)76-74(79)68-64-60-56-52-48-44-40-37-33-31-29-27-25-23-22-24-26-28-30-32-34-38-42-46-50-54-58-62-66-70-81-75(80)69-65-61-57-53-49-45-41-35-20-18-16-14-12-10-8-6-4-2/h22,24,28,30,63,67,72-73,77-78H,3-21,23,25-27,29,31-62,64-66,68-71H2,1-2H3,(H,76,79)/b24-22-,30-28-,67-63+. The molecule has 3 N–H and O–H groups in total.